The molecule has 0 atom stereocenters. The molecule has 1 aliphatic carbocycles. The average molecular weight is 575 g/mol. The average Bonchev–Trinajstić information content (AvgIpc) is 2.93. The van der Waals surface area contributed by atoms with Crippen molar-refractivity contribution in [3.63, 3.8) is 0 Å². The van der Waals surface area contributed by atoms with Crippen LogP contribution in [-0.2, 0) is 4.74 Å². The third kappa shape index (κ3) is 9.32. The smallest absolute Gasteiger partial charge is 0.269 e. The summed E-state index contributed by atoms with van der Waals surface area (Å²) in [6.07, 6.45) is 6.44. The van der Waals surface area contributed by atoms with Gasteiger partial charge in [0.1, 0.15) is 11.6 Å². The summed E-state index contributed by atoms with van der Waals surface area (Å²) in [5.74, 6) is 0.476. The second kappa shape index (κ2) is 14.6. The lowest BCUT2D eigenvalue weighted by Crippen LogP contribution is -2.18. The van der Waals surface area contributed by atoms with Crippen molar-refractivity contribution < 1.29 is 18.4 Å². The van der Waals surface area contributed by atoms with Gasteiger partial charge in [0.2, 0.25) is 0 Å². The summed E-state index contributed by atoms with van der Waals surface area (Å²) >= 11 is 4.36. The van der Waals surface area contributed by atoms with Gasteiger partial charge in [-0.15, -0.1) is 23.5 Å². The zero-order valence-corrected chi connectivity index (χ0v) is 23.1. The zero-order chi connectivity index (χ0) is 26.7. The van der Waals surface area contributed by atoms with Gasteiger partial charge in [0.25, 0.3) is 5.69 Å². The molecule has 0 heterocycles. The second-order valence-corrected chi connectivity index (χ2v) is 12.6. The van der Waals surface area contributed by atoms with E-state index in [1.165, 1.54) is 67.6 Å². The highest BCUT2D eigenvalue weighted by Gasteiger charge is 2.20. The number of nitro groups is 1. The number of halogens is 2. The van der Waals surface area contributed by atoms with E-state index in [0.29, 0.717) is 24.8 Å². The maximum atomic E-state index is 13.5. The van der Waals surface area contributed by atoms with Crippen molar-refractivity contribution in [1.29, 1.82) is 0 Å². The molecular weight excluding hydrogens is 547 g/mol. The molecular formula is C28H28F2N2O3S3. The van der Waals surface area contributed by atoms with Crippen LogP contribution in [0.15, 0.2) is 91.9 Å². The maximum absolute atomic E-state index is 13.5. The maximum Gasteiger partial charge on any atom is 0.269 e. The Balaban J connectivity index is 1.52. The predicted molar refractivity (Wildman–Crippen MR) is 152 cm³/mol. The van der Waals surface area contributed by atoms with E-state index in [9.17, 15) is 18.9 Å². The lowest BCUT2D eigenvalue weighted by Gasteiger charge is -2.23. The largest absolute Gasteiger partial charge is 0.480 e. The molecule has 0 N–H and O–H groups in total. The van der Waals surface area contributed by atoms with E-state index in [1.807, 2.05) is 0 Å². The molecule has 1 saturated carbocycles. The van der Waals surface area contributed by atoms with Crippen LogP contribution in [0.4, 0.5) is 14.5 Å². The fraction of sp³-hybridized carbons (Fsp3) is 0.321. The Morgan fingerprint density at radius 3 is 1.92 bits per heavy atom. The first-order valence-electron chi connectivity index (χ1n) is 12.4. The number of nitrogens with zero attached hydrogens (tertiary/aromatic N) is 2. The van der Waals surface area contributed by atoms with Crippen LogP contribution in [0, 0.1) is 27.7 Å². The minimum atomic E-state index is -0.430. The first kappa shape index (κ1) is 28.4. The summed E-state index contributed by atoms with van der Waals surface area (Å²) in [5, 5.41) is 11.0. The number of hydrogen-bond donors (Lipinski definition) is 0. The van der Waals surface area contributed by atoms with E-state index in [1.54, 1.807) is 59.9 Å². The first-order chi connectivity index (χ1) is 18.4. The molecule has 4 rings (SSSR count). The summed E-state index contributed by atoms with van der Waals surface area (Å²) < 4.78 is 37.9. The van der Waals surface area contributed by atoms with Crippen molar-refractivity contribution in [2.45, 2.75) is 57.8 Å². The summed E-state index contributed by atoms with van der Waals surface area (Å²) in [7, 11) is 0. The van der Waals surface area contributed by atoms with Gasteiger partial charge in [0.05, 0.1) is 16.1 Å². The summed E-state index contributed by atoms with van der Waals surface area (Å²) in [6, 6.07) is 18.9. The van der Waals surface area contributed by atoms with Gasteiger partial charge in [-0.2, -0.15) is 4.40 Å². The van der Waals surface area contributed by atoms with Crippen molar-refractivity contribution in [2.24, 2.45) is 10.3 Å². The minimum absolute atomic E-state index is 0.0264. The van der Waals surface area contributed by atoms with Crippen LogP contribution in [0.5, 0.6) is 0 Å². The van der Waals surface area contributed by atoms with E-state index in [4.69, 9.17) is 9.13 Å². The third-order valence-electron chi connectivity index (χ3n) is 6.01. The fourth-order valence-corrected chi connectivity index (χ4v) is 7.10. The highest BCUT2D eigenvalue weighted by molar-refractivity contribution is 8.17. The second-order valence-electron chi connectivity index (χ2n) is 8.92. The van der Waals surface area contributed by atoms with Gasteiger partial charge in [-0.1, -0.05) is 19.3 Å². The normalized spacial score (nSPS) is 14.6. The molecule has 200 valence electrons. The Hall–Kier alpha value is -2.56. The Morgan fingerprint density at radius 1 is 0.868 bits per heavy atom. The molecule has 0 amide bonds. The molecule has 3 aromatic carbocycles. The van der Waals surface area contributed by atoms with Gasteiger partial charge < -0.3 is 4.74 Å². The van der Waals surface area contributed by atoms with Gasteiger partial charge in [-0.05, 0) is 79.4 Å². The molecule has 0 saturated heterocycles. The summed E-state index contributed by atoms with van der Waals surface area (Å²) in [6.45, 7) is 0.592. The van der Waals surface area contributed by atoms with Gasteiger partial charge >= 0.3 is 0 Å². The first-order valence-corrected chi connectivity index (χ1v) is 14.9. The predicted octanol–water partition coefficient (Wildman–Crippen LogP) is 9.18. The number of benzene rings is 3. The highest BCUT2D eigenvalue weighted by Crippen LogP contribution is 2.39. The van der Waals surface area contributed by atoms with Gasteiger partial charge in [0.15, 0.2) is 5.90 Å². The Labute approximate surface area is 234 Å². The van der Waals surface area contributed by atoms with Crippen LogP contribution in [0.25, 0.3) is 0 Å². The van der Waals surface area contributed by atoms with Crippen LogP contribution in [0.1, 0.15) is 38.5 Å². The highest BCUT2D eigenvalue weighted by atomic mass is 32.2. The minimum Gasteiger partial charge on any atom is -0.480 e. The SMILES string of the molecule is O=[N+]([O-])c1ccc(SN=C(CC(Sc2ccc(F)cc2)Sc2ccc(F)cc2)OCC2CCCCC2)cc1. The molecule has 0 aliphatic heterocycles. The van der Waals surface area contributed by atoms with Crippen LogP contribution < -0.4 is 0 Å². The lowest BCUT2D eigenvalue weighted by molar-refractivity contribution is -0.384. The van der Waals surface area contributed by atoms with Crippen LogP contribution in [0.3, 0.4) is 0 Å². The van der Waals surface area contributed by atoms with Crippen molar-refractivity contribution in [2.75, 3.05) is 6.61 Å². The van der Waals surface area contributed by atoms with E-state index in [2.05, 4.69) is 0 Å². The van der Waals surface area contributed by atoms with Gasteiger partial charge in [0, 0.05) is 45.2 Å². The van der Waals surface area contributed by atoms with Crippen LogP contribution >= 0.6 is 35.5 Å². The van der Waals surface area contributed by atoms with E-state index < -0.39 is 4.92 Å². The van der Waals surface area contributed by atoms with Crippen molar-refractivity contribution in [3.8, 4) is 0 Å². The molecule has 0 aromatic heterocycles. The molecule has 0 bridgehead atoms. The van der Waals surface area contributed by atoms with E-state index in [-0.39, 0.29) is 21.9 Å². The van der Waals surface area contributed by atoms with Crippen molar-refractivity contribution in [1.82, 2.24) is 0 Å². The van der Waals surface area contributed by atoms with Crippen LogP contribution in [0.2, 0.25) is 0 Å². The molecule has 1 fully saturated rings. The monoisotopic (exact) mass is 574 g/mol. The summed E-state index contributed by atoms with van der Waals surface area (Å²) in [5.41, 5.74) is 0.0264. The molecule has 5 nitrogen and oxygen atoms in total. The van der Waals surface area contributed by atoms with Gasteiger partial charge in [-0.25, -0.2) is 8.78 Å². The lowest BCUT2D eigenvalue weighted by atomic mass is 9.90. The topological polar surface area (TPSA) is 64.7 Å². The Morgan fingerprint density at radius 2 is 1.39 bits per heavy atom. The number of non-ortho nitro benzene ring substituents is 1. The van der Waals surface area contributed by atoms with Gasteiger partial charge in [-0.3, -0.25) is 10.1 Å². The number of rotatable bonds is 11. The number of thioether (sulfide) groups is 2. The van der Waals surface area contributed by atoms with Crippen molar-refractivity contribution in [3.05, 3.63) is 94.5 Å². The van der Waals surface area contributed by atoms with E-state index >= 15 is 0 Å². The Bertz CT molecular complexity index is 1160. The van der Waals surface area contributed by atoms with Crippen LogP contribution in [-0.4, -0.2) is 22.0 Å². The molecule has 0 unspecified atom stereocenters. The third-order valence-corrected chi connectivity index (χ3v) is 9.32. The quantitative estimate of drug-likeness (QED) is 0.0433. The standard InChI is InChI=1S/C28H28F2N2O3S3/c29-21-6-12-24(13-7-21)36-28(37-25-14-8-22(30)9-15-25)18-27(35-19-20-4-2-1-3-5-20)31-38-26-16-10-23(11-17-26)32(33)34/h6-17,20,28H,1-5,18-19H2. The Kier molecular flexibility index (Phi) is 10.9. The summed E-state index contributed by atoms with van der Waals surface area (Å²) in [4.78, 5) is 13.1. The zero-order valence-electron chi connectivity index (χ0n) is 20.6. The van der Waals surface area contributed by atoms with E-state index in [0.717, 1.165) is 27.5 Å². The molecule has 38 heavy (non-hydrogen) atoms. The number of hydrogen-bond acceptors (Lipinski definition) is 7. The number of ether oxygens (including phenoxy) is 1. The molecule has 1 aliphatic rings. The molecule has 0 spiro atoms. The number of nitro benzene ring substituents is 1. The van der Waals surface area contributed by atoms with Crippen molar-refractivity contribution >= 4 is 47.1 Å². The molecule has 10 heteroatoms. The fourth-order valence-electron chi connectivity index (χ4n) is 4.00. The molecule has 0 radical (unpaired) electrons. The molecule has 3 aromatic rings.